The second-order valence-electron chi connectivity index (χ2n) is 30.1. The molecule has 104 heavy (non-hydrogen) atoms. The van der Waals surface area contributed by atoms with E-state index in [1.165, 1.54) is 244 Å². The van der Waals surface area contributed by atoms with Crippen LogP contribution in [0.4, 0.5) is 0 Å². The third-order valence-corrected chi connectivity index (χ3v) is 21.7. The van der Waals surface area contributed by atoms with Crippen molar-refractivity contribution in [1.82, 2.24) is 0 Å². The zero-order valence-electron chi connectivity index (χ0n) is 67.7. The molecule has 0 aliphatic rings. The molecule has 0 saturated carbocycles. The van der Waals surface area contributed by atoms with Gasteiger partial charge in [-0.05, 0) is 57.3 Å². The zero-order valence-corrected chi connectivity index (χ0v) is 69.4. The topological polar surface area (TPSA) is 237 Å². The second-order valence-corrected chi connectivity index (χ2v) is 33.0. The van der Waals surface area contributed by atoms with Crippen LogP contribution in [0.5, 0.6) is 0 Å². The standard InChI is InChI=1S/C85H162O17P2/c1-6-10-13-16-19-22-25-27-29-30-31-32-33-34-36-42-46-51-56-61-66-71-85(90)102-81(75-96-83(88)69-64-59-54-49-44-40-38-37-39-43-47-52-57-62-67-78(5)9-4)77-100-104(93,94)98-73-79(86)72-97-103(91,92)99-76-80(74-95-82(87)68-63-58-53-48-24-21-18-15-12-8-3)101-84(89)70-65-60-55-50-45-41-35-28-26-23-20-17-14-11-7-2/h23,26,28,35,78-81,86H,6-22,24-25,27,29-34,36-77H2,1-5H3,(H,91,92)(H,93,94)/b26-23-,35-28-/t78?,79-,80+,81+/m0/s1. The van der Waals surface area contributed by atoms with E-state index < -0.39 is 97.5 Å². The summed E-state index contributed by atoms with van der Waals surface area (Å²) in [4.78, 5) is 73.1. The van der Waals surface area contributed by atoms with E-state index in [1.807, 2.05) is 0 Å². The number of rotatable bonds is 83. The van der Waals surface area contributed by atoms with Crippen LogP contribution in [0, 0.1) is 5.92 Å². The Morgan fingerprint density at radius 3 is 0.817 bits per heavy atom. The Balaban J connectivity index is 5.25. The number of phosphoric acid groups is 2. The predicted molar refractivity (Wildman–Crippen MR) is 428 cm³/mol. The molecule has 0 fully saturated rings. The van der Waals surface area contributed by atoms with Crippen molar-refractivity contribution in [1.29, 1.82) is 0 Å². The number of esters is 4. The number of unbranched alkanes of at least 4 members (excludes halogenated alkanes) is 51. The fourth-order valence-electron chi connectivity index (χ4n) is 12.7. The lowest BCUT2D eigenvalue weighted by atomic mass is 9.99. The van der Waals surface area contributed by atoms with Crippen molar-refractivity contribution in [2.75, 3.05) is 39.6 Å². The number of carbonyl (C=O) groups excluding carboxylic acids is 4. The summed E-state index contributed by atoms with van der Waals surface area (Å²) in [6, 6.07) is 0. The van der Waals surface area contributed by atoms with Gasteiger partial charge < -0.3 is 33.8 Å². The van der Waals surface area contributed by atoms with Gasteiger partial charge in [-0.1, -0.05) is 380 Å². The van der Waals surface area contributed by atoms with E-state index in [2.05, 4.69) is 58.9 Å². The van der Waals surface area contributed by atoms with E-state index in [1.54, 1.807) is 0 Å². The number of ether oxygens (including phenoxy) is 4. The Kier molecular flexibility index (Phi) is 75.4. The lowest BCUT2D eigenvalue weighted by molar-refractivity contribution is -0.161. The third kappa shape index (κ3) is 76.3. The Hall–Kier alpha value is -2.46. The van der Waals surface area contributed by atoms with E-state index in [0.717, 1.165) is 109 Å². The van der Waals surface area contributed by atoms with Crippen LogP contribution in [-0.2, 0) is 65.4 Å². The van der Waals surface area contributed by atoms with Gasteiger partial charge in [0.2, 0.25) is 0 Å². The molecule has 0 radical (unpaired) electrons. The molecule has 0 amide bonds. The molecule has 0 rings (SSSR count). The minimum absolute atomic E-state index is 0.0856. The molecular weight excluding hydrogens is 1350 g/mol. The predicted octanol–water partition coefficient (Wildman–Crippen LogP) is 25.5. The van der Waals surface area contributed by atoms with Crippen LogP contribution < -0.4 is 0 Å². The lowest BCUT2D eigenvalue weighted by Gasteiger charge is -2.21. The zero-order chi connectivity index (χ0) is 76.2. The number of phosphoric ester groups is 2. The normalized spacial score (nSPS) is 14.2. The van der Waals surface area contributed by atoms with Gasteiger partial charge in [-0.2, -0.15) is 0 Å². The average Bonchev–Trinajstić information content (AvgIpc) is 0.926. The van der Waals surface area contributed by atoms with Crippen molar-refractivity contribution in [2.24, 2.45) is 5.92 Å². The summed E-state index contributed by atoms with van der Waals surface area (Å²) < 4.78 is 68.8. The number of allylic oxidation sites excluding steroid dienone is 4. The van der Waals surface area contributed by atoms with Crippen molar-refractivity contribution in [3.63, 3.8) is 0 Å². The van der Waals surface area contributed by atoms with Gasteiger partial charge in [0.15, 0.2) is 12.2 Å². The van der Waals surface area contributed by atoms with Gasteiger partial charge in [0.05, 0.1) is 26.4 Å². The van der Waals surface area contributed by atoms with Crippen molar-refractivity contribution in [3.05, 3.63) is 24.3 Å². The van der Waals surface area contributed by atoms with Crippen LogP contribution in [0.15, 0.2) is 24.3 Å². The first-order chi connectivity index (χ1) is 50.6. The summed E-state index contributed by atoms with van der Waals surface area (Å²) >= 11 is 0. The molecule has 3 unspecified atom stereocenters. The van der Waals surface area contributed by atoms with Gasteiger partial charge in [-0.25, -0.2) is 9.13 Å². The highest BCUT2D eigenvalue weighted by Gasteiger charge is 2.30. The molecule has 0 bridgehead atoms. The lowest BCUT2D eigenvalue weighted by Crippen LogP contribution is -2.30. The molecule has 0 spiro atoms. The van der Waals surface area contributed by atoms with Gasteiger partial charge in [0.25, 0.3) is 0 Å². The van der Waals surface area contributed by atoms with Gasteiger partial charge in [0.1, 0.15) is 19.3 Å². The Bertz CT molecular complexity index is 2080. The van der Waals surface area contributed by atoms with Crippen LogP contribution in [0.1, 0.15) is 433 Å². The summed E-state index contributed by atoms with van der Waals surface area (Å²) in [7, 11) is -9.94. The molecule has 0 saturated heterocycles. The summed E-state index contributed by atoms with van der Waals surface area (Å²) in [5.74, 6) is -1.28. The summed E-state index contributed by atoms with van der Waals surface area (Å²) in [6.45, 7) is 7.33. The fraction of sp³-hybridized carbons (Fsp3) is 0.906. The molecule has 6 atom stereocenters. The van der Waals surface area contributed by atoms with Gasteiger partial charge in [-0.3, -0.25) is 37.3 Å². The van der Waals surface area contributed by atoms with Crippen LogP contribution in [0.3, 0.4) is 0 Å². The number of hydrogen-bond acceptors (Lipinski definition) is 15. The van der Waals surface area contributed by atoms with E-state index in [0.29, 0.717) is 25.7 Å². The van der Waals surface area contributed by atoms with Gasteiger partial charge in [-0.15, -0.1) is 0 Å². The molecule has 614 valence electrons. The number of aliphatic hydroxyl groups excluding tert-OH is 1. The SMILES string of the molecule is CCCCCC/C=C\C=C/CCCCCCCC(=O)O[C@H](COC(=O)CCCCCCCCCCCC)COP(=O)(O)OC[C@H](O)COP(=O)(O)OC[C@@H](COC(=O)CCCCCCCCCCCCCCCCC(C)CC)OC(=O)CCCCCCCCCCCCCCCCCCCCCCC. The molecule has 0 aromatic heterocycles. The first-order valence-electron chi connectivity index (χ1n) is 43.5. The van der Waals surface area contributed by atoms with Crippen LogP contribution in [0.2, 0.25) is 0 Å². The smallest absolute Gasteiger partial charge is 0.462 e. The molecular formula is C85H162O17P2. The van der Waals surface area contributed by atoms with Gasteiger partial charge >= 0.3 is 39.5 Å². The summed E-state index contributed by atoms with van der Waals surface area (Å²) in [6.07, 6.45) is 72.9. The largest absolute Gasteiger partial charge is 0.472 e. The maximum Gasteiger partial charge on any atom is 0.472 e. The monoisotopic (exact) mass is 1520 g/mol. The van der Waals surface area contributed by atoms with E-state index >= 15 is 0 Å². The summed E-state index contributed by atoms with van der Waals surface area (Å²) in [5.41, 5.74) is 0. The Morgan fingerprint density at radius 1 is 0.308 bits per heavy atom. The molecule has 19 heteroatoms. The Labute approximate surface area is 637 Å². The van der Waals surface area contributed by atoms with Crippen molar-refractivity contribution in [3.8, 4) is 0 Å². The van der Waals surface area contributed by atoms with Crippen LogP contribution in [0.25, 0.3) is 0 Å². The van der Waals surface area contributed by atoms with Gasteiger partial charge in [0, 0.05) is 25.7 Å². The van der Waals surface area contributed by atoms with Crippen molar-refractivity contribution in [2.45, 2.75) is 451 Å². The minimum Gasteiger partial charge on any atom is -0.462 e. The Morgan fingerprint density at radius 2 is 0.538 bits per heavy atom. The first kappa shape index (κ1) is 102. The second kappa shape index (κ2) is 77.3. The molecule has 0 aromatic rings. The average molecular weight is 1520 g/mol. The first-order valence-corrected chi connectivity index (χ1v) is 46.5. The number of hydrogen-bond donors (Lipinski definition) is 3. The maximum atomic E-state index is 13.1. The highest BCUT2D eigenvalue weighted by Crippen LogP contribution is 2.45. The van der Waals surface area contributed by atoms with Crippen LogP contribution in [-0.4, -0.2) is 96.7 Å². The van der Waals surface area contributed by atoms with E-state index in [-0.39, 0.29) is 25.7 Å². The molecule has 0 aliphatic heterocycles. The number of carbonyl (C=O) groups is 4. The number of aliphatic hydroxyl groups is 1. The molecule has 17 nitrogen and oxygen atoms in total. The van der Waals surface area contributed by atoms with Crippen molar-refractivity contribution < 1.29 is 80.2 Å². The molecule has 3 N–H and O–H groups in total. The molecule has 0 aliphatic carbocycles. The molecule has 0 aromatic carbocycles. The highest BCUT2D eigenvalue weighted by molar-refractivity contribution is 7.47. The maximum absolute atomic E-state index is 13.1. The molecule has 0 heterocycles. The third-order valence-electron chi connectivity index (χ3n) is 19.8. The quantitative estimate of drug-likeness (QED) is 0.0169. The van der Waals surface area contributed by atoms with Crippen LogP contribution >= 0.6 is 15.6 Å². The fourth-order valence-corrected chi connectivity index (χ4v) is 14.3. The van der Waals surface area contributed by atoms with Crippen molar-refractivity contribution >= 4 is 39.5 Å². The van der Waals surface area contributed by atoms with E-state index in [4.69, 9.17) is 37.0 Å². The minimum atomic E-state index is -4.97. The summed E-state index contributed by atoms with van der Waals surface area (Å²) in [5, 5.41) is 10.7. The van der Waals surface area contributed by atoms with E-state index in [9.17, 15) is 43.2 Å². The highest BCUT2D eigenvalue weighted by atomic mass is 31.2.